The predicted octanol–water partition coefficient (Wildman–Crippen LogP) is 16.1. The zero-order chi connectivity index (χ0) is 60.6. The van der Waals surface area contributed by atoms with Crippen LogP contribution in [-0.4, -0.2) is 91.3 Å². The largest absolute Gasteiger partial charge is 0.481 e. The molecule has 0 atom stereocenters. The van der Waals surface area contributed by atoms with Gasteiger partial charge in [-0.1, -0.05) is 171 Å². The normalized spacial score (nSPS) is 11.5. The molecule has 0 spiro atoms. The van der Waals surface area contributed by atoms with Crippen LogP contribution < -0.4 is 4.74 Å². The van der Waals surface area contributed by atoms with Gasteiger partial charge in [-0.2, -0.15) is 4.98 Å². The van der Waals surface area contributed by atoms with Gasteiger partial charge in [0, 0.05) is 92.5 Å². The molecule has 0 aliphatic carbocycles. The van der Waals surface area contributed by atoms with Crippen molar-refractivity contribution in [2.45, 2.75) is 125 Å². The first-order valence-corrected chi connectivity index (χ1v) is 28.2. The fraction of sp³-hybridized carbons (Fsp3) is 0.358. The van der Waals surface area contributed by atoms with E-state index in [0.717, 1.165) is 58.9 Å². The fourth-order valence-corrected chi connectivity index (χ4v) is 7.34. The zero-order valence-corrected chi connectivity index (χ0v) is 50.9. The minimum Gasteiger partial charge on any atom is -0.481 e. The number of benzene rings is 3. The average molecular weight is 1130 g/mol. The van der Waals surface area contributed by atoms with Gasteiger partial charge in [0.1, 0.15) is 28.7 Å². The first-order chi connectivity index (χ1) is 39.6. The van der Waals surface area contributed by atoms with E-state index in [4.69, 9.17) is 18.3 Å². The van der Waals surface area contributed by atoms with E-state index in [9.17, 15) is 14.0 Å². The first-order valence-electron chi connectivity index (χ1n) is 28.2. The van der Waals surface area contributed by atoms with E-state index in [0.29, 0.717) is 64.3 Å². The smallest absolute Gasteiger partial charge is 0.272 e. The Bertz CT molecular complexity index is 3210. The van der Waals surface area contributed by atoms with Crippen molar-refractivity contribution in [3.63, 3.8) is 0 Å². The second-order valence-corrected chi connectivity index (χ2v) is 21.8. The van der Waals surface area contributed by atoms with E-state index in [1.54, 1.807) is 58.0 Å². The lowest BCUT2D eigenvalue weighted by atomic mass is 10.1. The lowest BCUT2D eigenvalue weighted by molar-refractivity contribution is 0.0645. The van der Waals surface area contributed by atoms with Crippen molar-refractivity contribution in [3.8, 4) is 39.8 Å². The summed E-state index contributed by atoms with van der Waals surface area (Å²) in [6.45, 7) is 26.8. The van der Waals surface area contributed by atoms with Crippen LogP contribution in [0.1, 0.15) is 180 Å². The highest BCUT2D eigenvalue weighted by Gasteiger charge is 2.22. The van der Waals surface area contributed by atoms with E-state index in [1.807, 2.05) is 136 Å². The van der Waals surface area contributed by atoms with E-state index < -0.39 is 0 Å². The Balaban J connectivity index is 0.000000183. The van der Waals surface area contributed by atoms with Gasteiger partial charge < -0.3 is 28.1 Å². The summed E-state index contributed by atoms with van der Waals surface area (Å²) in [7, 11) is 5.08. The molecule has 3 aromatic carbocycles. The van der Waals surface area contributed by atoms with Crippen LogP contribution in [0.2, 0.25) is 0 Å². The summed E-state index contributed by atoms with van der Waals surface area (Å²) >= 11 is 0. The monoisotopic (exact) mass is 1130 g/mol. The van der Waals surface area contributed by atoms with Crippen LogP contribution in [0.15, 0.2) is 166 Å². The number of carbonyl (C=O) groups excluding carboxylic acids is 2. The van der Waals surface area contributed by atoms with E-state index in [1.165, 1.54) is 28.2 Å². The molecular weight excluding hydrogens is 1050 g/mol. The Morgan fingerprint density at radius 1 is 0.554 bits per heavy atom. The van der Waals surface area contributed by atoms with Crippen LogP contribution >= 0.6 is 0 Å². The quantitative estimate of drug-likeness (QED) is 0.113. The van der Waals surface area contributed by atoms with Crippen LogP contribution in [0.25, 0.3) is 34.0 Å². The van der Waals surface area contributed by atoms with Crippen LogP contribution in [0.4, 0.5) is 4.39 Å². The van der Waals surface area contributed by atoms with Gasteiger partial charge in [0.15, 0.2) is 5.76 Å². The molecule has 83 heavy (non-hydrogen) atoms. The highest BCUT2D eigenvalue weighted by Crippen LogP contribution is 2.26. The number of halogens is 1. The molecule has 10 rings (SSSR count). The van der Waals surface area contributed by atoms with Gasteiger partial charge >= 0.3 is 0 Å². The molecule has 15 nitrogen and oxygen atoms in total. The summed E-state index contributed by atoms with van der Waals surface area (Å²) in [4.78, 5) is 43.3. The van der Waals surface area contributed by atoms with Gasteiger partial charge in [-0.05, 0) is 89.2 Å². The first kappa shape index (κ1) is 65.2. The van der Waals surface area contributed by atoms with Gasteiger partial charge in [0.25, 0.3) is 11.8 Å². The third kappa shape index (κ3) is 20.7. The minimum absolute atomic E-state index is 0.0553. The van der Waals surface area contributed by atoms with E-state index >= 15 is 0 Å². The second kappa shape index (κ2) is 32.7. The van der Waals surface area contributed by atoms with Crippen LogP contribution in [-0.2, 0) is 0 Å². The number of hydrogen-bond donors (Lipinski definition) is 0. The summed E-state index contributed by atoms with van der Waals surface area (Å²) in [6, 6.07) is 41.5. The molecule has 1 saturated heterocycles. The molecule has 1 aliphatic rings. The lowest BCUT2D eigenvalue weighted by Crippen LogP contribution is -2.42. The maximum atomic E-state index is 12.7. The highest BCUT2D eigenvalue weighted by molar-refractivity contribution is 5.93. The number of nitrogens with zero attached hydrogens (tertiary/aromatic N) is 9. The summed E-state index contributed by atoms with van der Waals surface area (Å²) in [5.41, 5.74) is 9.41. The minimum atomic E-state index is -0.248. The predicted molar refractivity (Wildman–Crippen MR) is 326 cm³/mol. The van der Waals surface area contributed by atoms with Gasteiger partial charge in [-0.25, -0.2) is 9.37 Å². The fourth-order valence-electron chi connectivity index (χ4n) is 7.34. The molecule has 2 amide bonds. The van der Waals surface area contributed by atoms with Crippen LogP contribution in [0, 0.1) is 5.82 Å². The molecule has 0 radical (unpaired) electrons. The van der Waals surface area contributed by atoms with Crippen molar-refractivity contribution in [2.24, 2.45) is 0 Å². The Hall–Kier alpha value is -8.66. The van der Waals surface area contributed by atoms with Gasteiger partial charge in [-0.3, -0.25) is 19.6 Å². The maximum Gasteiger partial charge on any atom is 0.272 e. The number of likely N-dealkylation sites (tertiary alicyclic amines) is 1. The van der Waals surface area contributed by atoms with Crippen molar-refractivity contribution in [1.82, 2.24) is 45.2 Å². The standard InChI is InChI=1S/C12H12FNO.C12H16N2O.C12H13NO.C11H12N2O.C11H16N2O.C9H13NO/c1-8(2)11-7-12(15-14-11)9-3-5-10(13)6-4-9;1-9(2)10-4-5-11(13-8-10)12(15)14-6-3-7-14;1-9(2)12-8-11(13-14-12)10-6-4-3-5-7-10;1-8(2)11-12-10(13-14-11)9-6-4-3-5-7-9;1-8(2)9-5-6-10(12-7-9)11(14)13(3)4;1-7(2)8-4-5-10-9(6-8)11-3/h3-8H,1-2H3;4-5,8-9H,3,6-7H2,1-2H3;3-9H,1-2H3;3-8H,1-2H3;5-8H,1-4H3;4-7H,1-3H3. The maximum absolute atomic E-state index is 12.7. The molecule has 0 saturated carbocycles. The molecule has 0 N–H and O–H groups in total. The second-order valence-electron chi connectivity index (χ2n) is 21.8. The third-order valence-corrected chi connectivity index (χ3v) is 12.9. The number of rotatable bonds is 12. The average Bonchev–Trinajstić information content (AvgIpc) is 4.46. The molecule has 0 bridgehead atoms. The third-order valence-electron chi connectivity index (χ3n) is 12.9. The van der Waals surface area contributed by atoms with E-state index in [2.05, 4.69) is 90.8 Å². The number of ether oxygens (including phenoxy) is 1. The Morgan fingerprint density at radius 2 is 1.13 bits per heavy atom. The van der Waals surface area contributed by atoms with Crippen LogP contribution in [0.3, 0.4) is 0 Å². The van der Waals surface area contributed by atoms with Gasteiger partial charge in [0.2, 0.25) is 17.6 Å². The molecule has 1 aliphatic heterocycles. The molecular formula is C67H82FN9O6. The number of carbonyl (C=O) groups is 2. The number of methoxy groups -OCH3 is 1. The molecule has 16 heteroatoms. The Morgan fingerprint density at radius 3 is 1.58 bits per heavy atom. The summed E-state index contributed by atoms with van der Waals surface area (Å²) in [6.07, 6.45) is 6.46. The summed E-state index contributed by atoms with van der Waals surface area (Å²) in [5, 5.41) is 11.9. The number of amides is 2. The molecule has 438 valence electrons. The van der Waals surface area contributed by atoms with Crippen molar-refractivity contribution < 1.29 is 32.3 Å². The topological polar surface area (TPSA) is 179 Å². The summed E-state index contributed by atoms with van der Waals surface area (Å²) in [5.74, 6) is 5.86. The SMILES string of the molecule is CC(C)c1cc(-c2ccc(F)cc2)on1.CC(C)c1cc(-c2ccccc2)no1.CC(C)c1ccc(C(=O)N(C)C)nc1.CC(C)c1ccc(C(=O)N2CCC2)nc1.CC(C)c1nc(-c2ccccc2)no1.COc1cc(C(C)C)ccn1. The Kier molecular flexibility index (Phi) is 25.7. The number of hydrogen-bond acceptors (Lipinski definition) is 13. The molecule has 9 aromatic rings. The molecule has 0 unspecified atom stereocenters. The number of aromatic nitrogens is 7. The molecule has 1 fully saturated rings. The molecule has 7 heterocycles. The van der Waals surface area contributed by atoms with Gasteiger partial charge in [0.05, 0.1) is 12.8 Å². The highest BCUT2D eigenvalue weighted by atomic mass is 19.1. The van der Waals surface area contributed by atoms with Crippen molar-refractivity contribution in [3.05, 3.63) is 203 Å². The lowest BCUT2D eigenvalue weighted by Gasteiger charge is -2.30. The Labute approximate surface area is 489 Å². The molecule has 6 aromatic heterocycles. The van der Waals surface area contributed by atoms with Crippen molar-refractivity contribution in [2.75, 3.05) is 34.3 Å². The van der Waals surface area contributed by atoms with Gasteiger partial charge in [-0.15, -0.1) is 0 Å². The number of pyridine rings is 3. The zero-order valence-electron chi connectivity index (χ0n) is 50.9. The van der Waals surface area contributed by atoms with Crippen molar-refractivity contribution in [1.29, 1.82) is 0 Å². The van der Waals surface area contributed by atoms with Crippen molar-refractivity contribution >= 4 is 11.8 Å². The summed E-state index contributed by atoms with van der Waals surface area (Å²) < 4.78 is 33.2. The van der Waals surface area contributed by atoms with Crippen LogP contribution in [0.5, 0.6) is 5.88 Å². The van der Waals surface area contributed by atoms with E-state index in [-0.39, 0.29) is 23.5 Å².